The van der Waals surface area contributed by atoms with Gasteiger partial charge in [-0.2, -0.15) is 0 Å². The summed E-state index contributed by atoms with van der Waals surface area (Å²) >= 11 is 0. The highest BCUT2D eigenvalue weighted by Crippen LogP contribution is 2.28. The van der Waals surface area contributed by atoms with Gasteiger partial charge in [-0.15, -0.1) is 0 Å². The van der Waals surface area contributed by atoms with Gasteiger partial charge in [0.05, 0.1) is 11.7 Å². The zero-order chi connectivity index (χ0) is 17.2. The average Bonchev–Trinajstić information content (AvgIpc) is 3.09. The van der Waals surface area contributed by atoms with Crippen molar-refractivity contribution in [2.24, 2.45) is 0 Å². The Hall–Kier alpha value is -2.66. The van der Waals surface area contributed by atoms with Gasteiger partial charge in [0.1, 0.15) is 0 Å². The molecule has 0 unspecified atom stereocenters. The van der Waals surface area contributed by atoms with E-state index in [1.54, 1.807) is 12.4 Å². The van der Waals surface area contributed by atoms with Gasteiger partial charge in [0.15, 0.2) is 0 Å². The molecule has 1 aliphatic rings. The van der Waals surface area contributed by atoms with Crippen LogP contribution >= 0.6 is 0 Å². The molecule has 1 N–H and O–H groups in total. The van der Waals surface area contributed by atoms with E-state index in [0.29, 0.717) is 12.2 Å². The molecule has 128 valence electrons. The molecule has 2 atom stereocenters. The van der Waals surface area contributed by atoms with Gasteiger partial charge in [-0.25, -0.2) is 0 Å². The molecule has 3 aromatic heterocycles. The number of pyridine rings is 2. The molecule has 4 rings (SSSR count). The summed E-state index contributed by atoms with van der Waals surface area (Å²) in [5.74, 6) is -0.0246. The molecule has 1 saturated heterocycles. The minimum atomic E-state index is -0.0246. The third-order valence-corrected chi connectivity index (χ3v) is 4.80. The molecular formula is C20H21N3O2. The lowest BCUT2D eigenvalue weighted by molar-refractivity contribution is 0.000861. The number of rotatable bonds is 3. The minimum absolute atomic E-state index is 0.0115. The van der Waals surface area contributed by atoms with E-state index in [2.05, 4.69) is 23.3 Å². The lowest BCUT2D eigenvalue weighted by Crippen LogP contribution is -2.39. The predicted molar refractivity (Wildman–Crippen MR) is 95.6 cm³/mol. The molecule has 0 bridgehead atoms. The van der Waals surface area contributed by atoms with E-state index in [0.717, 1.165) is 29.5 Å². The van der Waals surface area contributed by atoms with Crippen LogP contribution in [0.15, 0.2) is 55.1 Å². The van der Waals surface area contributed by atoms with Gasteiger partial charge in [0.2, 0.25) is 0 Å². The molecule has 0 spiro atoms. The maximum atomic E-state index is 12.7. The topological polar surface area (TPSA) is 55.6 Å². The Balaban J connectivity index is 1.47. The molecule has 0 aromatic carbocycles. The standard InChI is InChI=1S/C20H21N3O2/c1-14-3-2-9-23-13-16(11-18(14)23)20(24)22-17-6-10-25-19(12-17)15-4-7-21-8-5-15/h2-5,7-9,11,13,17,19H,6,10,12H2,1H3,(H,22,24)/t17-,19+/m1/s1. The Morgan fingerprint density at radius 2 is 2.16 bits per heavy atom. The number of carbonyl (C=O) groups excluding carboxylic acids is 1. The Labute approximate surface area is 146 Å². The van der Waals surface area contributed by atoms with Crippen LogP contribution in [0.1, 0.15) is 40.4 Å². The highest BCUT2D eigenvalue weighted by atomic mass is 16.5. The maximum absolute atomic E-state index is 12.7. The van der Waals surface area contributed by atoms with Crippen molar-refractivity contribution in [2.45, 2.75) is 31.9 Å². The highest BCUT2D eigenvalue weighted by Gasteiger charge is 2.25. The SMILES string of the molecule is Cc1cccn2cc(C(=O)N[C@@H]3CCO[C@H](c4ccncc4)C3)cc12. The molecule has 1 aliphatic heterocycles. The van der Waals surface area contributed by atoms with Gasteiger partial charge < -0.3 is 14.5 Å². The summed E-state index contributed by atoms with van der Waals surface area (Å²) in [6.45, 7) is 2.70. The molecule has 5 heteroatoms. The number of aromatic nitrogens is 2. The first-order valence-corrected chi connectivity index (χ1v) is 8.60. The van der Waals surface area contributed by atoms with Crippen molar-refractivity contribution in [1.29, 1.82) is 0 Å². The van der Waals surface area contributed by atoms with Crippen LogP contribution in [-0.4, -0.2) is 27.9 Å². The fourth-order valence-corrected chi connectivity index (χ4v) is 3.42. The lowest BCUT2D eigenvalue weighted by Gasteiger charge is -2.30. The van der Waals surface area contributed by atoms with E-state index in [-0.39, 0.29) is 18.1 Å². The van der Waals surface area contributed by atoms with Gasteiger partial charge in [-0.05, 0) is 55.2 Å². The van der Waals surface area contributed by atoms with Gasteiger partial charge >= 0.3 is 0 Å². The second-order valence-electron chi connectivity index (χ2n) is 6.55. The summed E-state index contributed by atoms with van der Waals surface area (Å²) in [6.07, 6.45) is 9.02. The Kier molecular flexibility index (Phi) is 4.24. The first-order valence-electron chi connectivity index (χ1n) is 8.60. The van der Waals surface area contributed by atoms with Crippen LogP contribution in [0.5, 0.6) is 0 Å². The van der Waals surface area contributed by atoms with Crippen molar-refractivity contribution in [3.8, 4) is 0 Å². The van der Waals surface area contributed by atoms with Crippen LogP contribution in [0.25, 0.3) is 5.52 Å². The Morgan fingerprint density at radius 1 is 1.32 bits per heavy atom. The largest absolute Gasteiger partial charge is 0.373 e. The van der Waals surface area contributed by atoms with E-state index >= 15 is 0 Å². The van der Waals surface area contributed by atoms with Crippen molar-refractivity contribution in [3.63, 3.8) is 0 Å². The zero-order valence-corrected chi connectivity index (χ0v) is 14.2. The predicted octanol–water partition coefficient (Wildman–Crippen LogP) is 3.29. The van der Waals surface area contributed by atoms with Crippen molar-refractivity contribution < 1.29 is 9.53 Å². The highest BCUT2D eigenvalue weighted by molar-refractivity contribution is 5.96. The fraction of sp³-hybridized carbons (Fsp3) is 0.300. The molecule has 0 radical (unpaired) electrons. The number of nitrogens with one attached hydrogen (secondary N) is 1. The number of hydrogen-bond acceptors (Lipinski definition) is 3. The normalized spacial score (nSPS) is 20.5. The van der Waals surface area contributed by atoms with E-state index in [4.69, 9.17) is 4.74 Å². The Morgan fingerprint density at radius 3 is 2.96 bits per heavy atom. The summed E-state index contributed by atoms with van der Waals surface area (Å²) in [5.41, 5.74) is 4.03. The van der Waals surface area contributed by atoms with Crippen LogP contribution in [0.4, 0.5) is 0 Å². The van der Waals surface area contributed by atoms with E-state index < -0.39 is 0 Å². The first kappa shape index (κ1) is 15.8. The molecule has 5 nitrogen and oxygen atoms in total. The number of carbonyl (C=O) groups is 1. The van der Waals surface area contributed by atoms with Crippen molar-refractivity contribution in [3.05, 3.63) is 71.8 Å². The van der Waals surface area contributed by atoms with Crippen LogP contribution < -0.4 is 5.32 Å². The maximum Gasteiger partial charge on any atom is 0.253 e. The van der Waals surface area contributed by atoms with Crippen LogP contribution in [0.3, 0.4) is 0 Å². The van der Waals surface area contributed by atoms with Gasteiger partial charge in [-0.1, -0.05) is 6.07 Å². The number of aryl methyl sites for hydroxylation is 1. The van der Waals surface area contributed by atoms with Crippen molar-refractivity contribution in [2.75, 3.05) is 6.61 Å². The van der Waals surface area contributed by atoms with Crippen LogP contribution in [0, 0.1) is 6.92 Å². The summed E-state index contributed by atoms with van der Waals surface area (Å²) in [6, 6.07) is 10.0. The second-order valence-corrected chi connectivity index (χ2v) is 6.55. The molecule has 1 fully saturated rings. The second kappa shape index (κ2) is 6.69. The summed E-state index contributed by atoms with van der Waals surface area (Å²) < 4.78 is 7.86. The third-order valence-electron chi connectivity index (χ3n) is 4.80. The molecule has 4 heterocycles. The average molecular weight is 335 g/mol. The summed E-state index contributed by atoms with van der Waals surface area (Å²) in [7, 11) is 0. The molecule has 0 aliphatic carbocycles. The zero-order valence-electron chi connectivity index (χ0n) is 14.2. The Bertz CT molecular complexity index is 888. The molecule has 0 saturated carbocycles. The van der Waals surface area contributed by atoms with E-state index in [9.17, 15) is 4.79 Å². The monoisotopic (exact) mass is 335 g/mol. The third kappa shape index (κ3) is 3.28. The minimum Gasteiger partial charge on any atom is -0.373 e. The lowest BCUT2D eigenvalue weighted by atomic mass is 9.98. The van der Waals surface area contributed by atoms with Gasteiger partial charge in [-0.3, -0.25) is 9.78 Å². The van der Waals surface area contributed by atoms with E-state index in [1.807, 2.05) is 41.1 Å². The number of nitrogens with zero attached hydrogens (tertiary/aromatic N) is 2. The smallest absolute Gasteiger partial charge is 0.253 e. The molecular weight excluding hydrogens is 314 g/mol. The number of hydrogen-bond donors (Lipinski definition) is 1. The quantitative estimate of drug-likeness (QED) is 0.799. The van der Waals surface area contributed by atoms with Crippen molar-refractivity contribution in [1.82, 2.24) is 14.7 Å². The summed E-state index contributed by atoms with van der Waals surface area (Å²) in [4.78, 5) is 16.7. The number of fused-ring (bicyclic) bond motifs is 1. The van der Waals surface area contributed by atoms with Gasteiger partial charge in [0, 0.05) is 43.0 Å². The van der Waals surface area contributed by atoms with Crippen LogP contribution in [0.2, 0.25) is 0 Å². The number of amides is 1. The van der Waals surface area contributed by atoms with Crippen molar-refractivity contribution >= 4 is 11.4 Å². The van der Waals surface area contributed by atoms with Gasteiger partial charge in [0.25, 0.3) is 5.91 Å². The van der Waals surface area contributed by atoms with Crippen LogP contribution in [-0.2, 0) is 4.74 Å². The first-order chi connectivity index (χ1) is 12.2. The molecule has 25 heavy (non-hydrogen) atoms. The number of ether oxygens (including phenoxy) is 1. The summed E-state index contributed by atoms with van der Waals surface area (Å²) in [5, 5.41) is 3.17. The molecule has 1 amide bonds. The van der Waals surface area contributed by atoms with E-state index in [1.165, 1.54) is 0 Å². The fourth-order valence-electron chi connectivity index (χ4n) is 3.42. The molecule has 3 aromatic rings.